The van der Waals surface area contributed by atoms with E-state index in [1.807, 2.05) is 0 Å². The maximum absolute atomic E-state index is 3.12. The molecule has 230 valence electrons. The van der Waals surface area contributed by atoms with E-state index in [9.17, 15) is 0 Å². The zero-order valence-corrected chi connectivity index (χ0v) is 27.6. The van der Waals surface area contributed by atoms with Crippen LogP contribution in [0.4, 0.5) is 0 Å². The van der Waals surface area contributed by atoms with Gasteiger partial charge in [0, 0.05) is 91.4 Å². The highest BCUT2D eigenvalue weighted by molar-refractivity contribution is 5.35. The predicted molar refractivity (Wildman–Crippen MR) is 173 cm³/mol. The molecule has 2 aromatic heterocycles. The van der Waals surface area contributed by atoms with Crippen LogP contribution in [0.1, 0.15) is 121 Å². The first-order valence-corrected chi connectivity index (χ1v) is 17.9. The molecular formula is C38H58N4. The monoisotopic (exact) mass is 570 g/mol. The molecule has 4 aliphatic heterocycles. The molecule has 0 N–H and O–H groups in total. The molecule has 8 unspecified atom stereocenters. The Hall–Kier alpha value is -1.52. The molecule has 0 amide bonds. The molecule has 4 saturated heterocycles. The van der Waals surface area contributed by atoms with Crippen LogP contribution in [0.25, 0.3) is 0 Å². The highest BCUT2D eigenvalue weighted by Gasteiger charge is 2.67. The van der Waals surface area contributed by atoms with Crippen LogP contribution in [0.2, 0.25) is 0 Å². The van der Waals surface area contributed by atoms with Gasteiger partial charge in [-0.1, -0.05) is 19.3 Å². The second-order valence-corrected chi connectivity index (χ2v) is 16.9. The average Bonchev–Trinajstić information content (AvgIpc) is 3.57. The number of likely N-dealkylation sites (tertiary alicyclic amines) is 1. The summed E-state index contributed by atoms with van der Waals surface area (Å²) in [6, 6.07) is 11.1. The largest absolute Gasteiger partial charge is 0.354 e. The molecule has 2 aromatic rings. The zero-order chi connectivity index (χ0) is 29.0. The summed E-state index contributed by atoms with van der Waals surface area (Å²) in [5.41, 5.74) is 5.85. The lowest BCUT2D eigenvalue weighted by molar-refractivity contribution is -0.192. The van der Waals surface area contributed by atoms with Crippen molar-refractivity contribution in [3.63, 3.8) is 0 Å². The number of fused-ring (bicyclic) bond motifs is 2. The van der Waals surface area contributed by atoms with Crippen LogP contribution in [0.5, 0.6) is 0 Å². The van der Waals surface area contributed by atoms with Gasteiger partial charge in [0.15, 0.2) is 0 Å². The number of aromatic nitrogens is 2. The molecule has 7 aliphatic rings. The third-order valence-corrected chi connectivity index (χ3v) is 14.9. The van der Waals surface area contributed by atoms with E-state index in [1.165, 1.54) is 90.1 Å². The van der Waals surface area contributed by atoms with Crippen molar-refractivity contribution in [2.75, 3.05) is 13.1 Å². The Morgan fingerprint density at radius 2 is 1.74 bits per heavy atom. The standard InChI is InChI=1S/C38H58N4/c1-26(41-24-28-11-9-12-30(20-28)36(41,3)4)19-32-15-16-34(40(32)6)33-13-7-8-17-38(33)31-21-29-22-37(23-31,27(2)42(38)25-29)35-14-10-18-39(35)5/h10,14-16,18,26-31,33H,7-9,11-13,17,19-25H2,1-6H3/t26-,27-,28?,29?,30?,31?,33?,37?,38?/m1/s1. The lowest BCUT2D eigenvalue weighted by Crippen LogP contribution is -2.77. The molecule has 4 nitrogen and oxygen atoms in total. The van der Waals surface area contributed by atoms with Crippen molar-refractivity contribution in [2.45, 2.75) is 139 Å². The Morgan fingerprint density at radius 1 is 0.905 bits per heavy atom. The van der Waals surface area contributed by atoms with Crippen LogP contribution < -0.4 is 0 Å². The van der Waals surface area contributed by atoms with E-state index in [0.717, 1.165) is 23.7 Å². The second-order valence-electron chi connectivity index (χ2n) is 16.9. The zero-order valence-electron chi connectivity index (χ0n) is 27.6. The Balaban J connectivity index is 1.09. The van der Waals surface area contributed by atoms with Gasteiger partial charge in [-0.25, -0.2) is 0 Å². The van der Waals surface area contributed by atoms with Gasteiger partial charge in [-0.15, -0.1) is 0 Å². The summed E-state index contributed by atoms with van der Waals surface area (Å²) in [4.78, 5) is 6.05. The van der Waals surface area contributed by atoms with Gasteiger partial charge in [-0.05, 0) is 127 Å². The van der Waals surface area contributed by atoms with Crippen LogP contribution in [0.3, 0.4) is 0 Å². The lowest BCUT2D eigenvalue weighted by atomic mass is 9.45. The highest BCUT2D eigenvalue weighted by atomic mass is 15.3. The fraction of sp³-hybridized carbons (Fsp3) is 0.789. The van der Waals surface area contributed by atoms with Crippen molar-refractivity contribution >= 4 is 0 Å². The van der Waals surface area contributed by atoms with Gasteiger partial charge in [0.2, 0.25) is 0 Å². The SMILES string of the molecule is C[C@H](Cc1ccc(C2CCCCC23C2CC4CN3[C@H](C)C(c3cccn3C)(C4)C2)n1C)N1CC2CCCC(C2)C1(C)C. The maximum atomic E-state index is 3.12. The van der Waals surface area contributed by atoms with E-state index in [4.69, 9.17) is 0 Å². The smallest absolute Gasteiger partial charge is 0.0324 e. The van der Waals surface area contributed by atoms with Crippen LogP contribution in [0.15, 0.2) is 30.5 Å². The topological polar surface area (TPSA) is 16.3 Å². The molecule has 10 atom stereocenters. The van der Waals surface area contributed by atoms with Crippen molar-refractivity contribution in [2.24, 2.45) is 37.8 Å². The molecule has 3 saturated carbocycles. The third-order valence-electron chi connectivity index (χ3n) is 14.9. The summed E-state index contributed by atoms with van der Waals surface area (Å²) >= 11 is 0. The van der Waals surface area contributed by atoms with Crippen LogP contribution in [0, 0.1) is 23.7 Å². The third kappa shape index (κ3) is 3.79. The van der Waals surface area contributed by atoms with E-state index in [1.54, 1.807) is 17.1 Å². The molecule has 9 rings (SSSR count). The van der Waals surface area contributed by atoms with Crippen LogP contribution >= 0.6 is 0 Å². The van der Waals surface area contributed by atoms with Crippen molar-refractivity contribution in [1.29, 1.82) is 0 Å². The van der Waals surface area contributed by atoms with Gasteiger partial charge in [0.05, 0.1) is 0 Å². The van der Waals surface area contributed by atoms with Crippen LogP contribution in [-0.4, -0.2) is 55.2 Å². The Morgan fingerprint density at radius 3 is 2.55 bits per heavy atom. The molecular weight excluding hydrogens is 512 g/mol. The molecule has 7 fully saturated rings. The van der Waals surface area contributed by atoms with E-state index in [-0.39, 0.29) is 0 Å². The van der Waals surface area contributed by atoms with Gasteiger partial charge in [0.1, 0.15) is 0 Å². The predicted octanol–water partition coefficient (Wildman–Crippen LogP) is 7.66. The van der Waals surface area contributed by atoms with Gasteiger partial charge in [-0.2, -0.15) is 0 Å². The van der Waals surface area contributed by atoms with Crippen molar-refractivity contribution in [3.8, 4) is 0 Å². The fourth-order valence-electron chi connectivity index (χ4n) is 12.9. The second kappa shape index (κ2) is 9.74. The first kappa shape index (κ1) is 28.0. The van der Waals surface area contributed by atoms with Gasteiger partial charge >= 0.3 is 0 Å². The van der Waals surface area contributed by atoms with E-state index in [0.29, 0.717) is 34.5 Å². The summed E-state index contributed by atoms with van der Waals surface area (Å²) in [5, 5.41) is 0. The van der Waals surface area contributed by atoms with Crippen molar-refractivity contribution in [1.82, 2.24) is 18.9 Å². The van der Waals surface area contributed by atoms with E-state index >= 15 is 0 Å². The van der Waals surface area contributed by atoms with Gasteiger partial charge in [0.25, 0.3) is 0 Å². The molecule has 42 heavy (non-hydrogen) atoms. The minimum atomic E-state index is 0.329. The molecule has 0 aromatic carbocycles. The number of nitrogens with zero attached hydrogens (tertiary/aromatic N) is 4. The van der Waals surface area contributed by atoms with E-state index in [2.05, 4.69) is 91.2 Å². The fourth-order valence-corrected chi connectivity index (χ4v) is 12.9. The highest BCUT2D eigenvalue weighted by Crippen LogP contribution is 2.66. The number of aryl methyl sites for hydroxylation is 1. The number of hydrogen-bond acceptors (Lipinski definition) is 2. The molecule has 6 heterocycles. The van der Waals surface area contributed by atoms with Gasteiger partial charge < -0.3 is 9.13 Å². The van der Waals surface area contributed by atoms with Crippen LogP contribution in [-0.2, 0) is 25.9 Å². The first-order valence-electron chi connectivity index (χ1n) is 17.9. The normalized spacial score (nSPS) is 43.2. The summed E-state index contributed by atoms with van der Waals surface area (Å²) < 4.78 is 5.15. The average molecular weight is 571 g/mol. The Bertz CT molecular complexity index is 1320. The van der Waals surface area contributed by atoms with Crippen molar-refractivity contribution < 1.29 is 0 Å². The molecule has 6 bridgehead atoms. The maximum Gasteiger partial charge on any atom is 0.0324 e. The Kier molecular flexibility index (Phi) is 6.49. The minimum absolute atomic E-state index is 0.329. The quantitative estimate of drug-likeness (QED) is 0.367. The van der Waals surface area contributed by atoms with E-state index < -0.39 is 0 Å². The molecule has 4 heteroatoms. The molecule has 3 aliphatic carbocycles. The summed E-state index contributed by atoms with van der Waals surface area (Å²) in [6.07, 6.45) is 19.1. The van der Waals surface area contributed by atoms with Crippen molar-refractivity contribution in [3.05, 3.63) is 47.5 Å². The summed E-state index contributed by atoms with van der Waals surface area (Å²) in [5.74, 6) is 4.18. The first-order chi connectivity index (χ1) is 20.1. The van der Waals surface area contributed by atoms with Gasteiger partial charge in [-0.3, -0.25) is 9.80 Å². The Labute approximate surface area is 256 Å². The number of piperidine rings is 4. The molecule has 1 spiro atoms. The summed E-state index contributed by atoms with van der Waals surface area (Å²) in [6.45, 7) is 12.9. The minimum Gasteiger partial charge on any atom is -0.354 e. The number of rotatable bonds is 5. The summed E-state index contributed by atoms with van der Waals surface area (Å²) in [7, 11) is 4.72. The lowest BCUT2D eigenvalue weighted by Gasteiger charge is -2.72. The number of hydrogen-bond donors (Lipinski definition) is 0. The molecule has 0 radical (unpaired) electrons.